The van der Waals surface area contributed by atoms with Crippen LogP contribution in [0.4, 0.5) is 0 Å². The molecule has 122 valence electrons. The van der Waals surface area contributed by atoms with E-state index in [1.807, 2.05) is 6.07 Å². The van der Waals surface area contributed by atoms with E-state index in [-0.39, 0.29) is 12.8 Å². The fraction of sp³-hybridized carbons (Fsp3) is 0.385. The van der Waals surface area contributed by atoms with Crippen LogP contribution in [-0.4, -0.2) is 38.6 Å². The molecule has 0 spiro atoms. The summed E-state index contributed by atoms with van der Waals surface area (Å²) in [7, 11) is -4.66. The third kappa shape index (κ3) is 6.36. The van der Waals surface area contributed by atoms with Gasteiger partial charge in [0.15, 0.2) is 0 Å². The van der Waals surface area contributed by atoms with Crippen LogP contribution >= 0.6 is 7.60 Å². The minimum absolute atomic E-state index is 0.208. The monoisotopic (exact) mass is 330 g/mol. The fourth-order valence-electron chi connectivity index (χ4n) is 1.82. The first-order valence-electron chi connectivity index (χ1n) is 6.57. The van der Waals surface area contributed by atoms with Crippen LogP contribution in [0, 0.1) is 0 Å². The summed E-state index contributed by atoms with van der Waals surface area (Å²) in [6.45, 7) is 0. The van der Waals surface area contributed by atoms with Crippen LogP contribution in [0.25, 0.3) is 0 Å². The molecule has 0 saturated heterocycles. The van der Waals surface area contributed by atoms with Crippen LogP contribution in [-0.2, 0) is 20.6 Å². The fourth-order valence-corrected chi connectivity index (χ4v) is 2.58. The Hall–Kier alpha value is -1.73. The molecule has 1 aromatic rings. The number of rotatable bonds is 8. The Labute approximate surface area is 127 Å². The third-order valence-corrected chi connectivity index (χ3v) is 4.18. The van der Waals surface area contributed by atoms with Crippen molar-refractivity contribution < 1.29 is 29.0 Å². The molecule has 0 fully saturated rings. The number of aliphatic carboxylic acids is 1. The predicted octanol–water partition coefficient (Wildman–Crippen LogP) is 0.0412. The summed E-state index contributed by atoms with van der Waals surface area (Å²) in [5.74, 6) is -3.50. The first-order valence-corrected chi connectivity index (χ1v) is 8.25. The van der Waals surface area contributed by atoms with Crippen LogP contribution in [0.1, 0.15) is 18.4 Å². The number of nitrogens with one attached hydrogen (secondary N) is 1. The largest absolute Gasteiger partial charge is 0.481 e. The van der Waals surface area contributed by atoms with Gasteiger partial charge in [0.1, 0.15) is 5.78 Å². The highest BCUT2D eigenvalue weighted by Crippen LogP contribution is 2.41. The molecular formula is C13H19N2O6P. The zero-order valence-electron chi connectivity index (χ0n) is 11.8. The number of carboxylic acid groups (broad SMARTS) is 1. The molecule has 6 N–H and O–H groups in total. The SMILES string of the molecule is N[C@@H](Cc1ccccc1)C(=O)N[C@@H](CCC(=O)O)P(=O)(O)O. The smallest absolute Gasteiger partial charge is 0.347 e. The molecule has 2 atom stereocenters. The summed E-state index contributed by atoms with van der Waals surface area (Å²) >= 11 is 0. The van der Waals surface area contributed by atoms with Crippen molar-refractivity contribution in [3.8, 4) is 0 Å². The molecule has 9 heteroatoms. The predicted molar refractivity (Wildman–Crippen MR) is 79.0 cm³/mol. The first-order chi connectivity index (χ1) is 10.2. The maximum atomic E-state index is 11.9. The van der Waals surface area contributed by atoms with E-state index in [2.05, 4.69) is 5.32 Å². The molecule has 1 aromatic carbocycles. The molecule has 0 saturated carbocycles. The Kier molecular flexibility index (Phi) is 6.70. The highest BCUT2D eigenvalue weighted by molar-refractivity contribution is 7.52. The zero-order chi connectivity index (χ0) is 16.8. The van der Waals surface area contributed by atoms with Gasteiger partial charge in [-0.3, -0.25) is 14.2 Å². The average Bonchev–Trinajstić information content (AvgIpc) is 2.42. The Balaban J connectivity index is 2.65. The number of carbonyl (C=O) groups excluding carboxylic acids is 1. The van der Waals surface area contributed by atoms with Crippen molar-refractivity contribution in [1.29, 1.82) is 0 Å². The molecule has 0 heterocycles. The molecule has 1 rings (SSSR count). The number of amides is 1. The molecule has 0 aliphatic carbocycles. The summed E-state index contributed by atoms with van der Waals surface area (Å²) in [6.07, 6.45) is -0.632. The molecule has 8 nitrogen and oxygen atoms in total. The number of benzene rings is 1. The second kappa shape index (κ2) is 8.05. The van der Waals surface area contributed by atoms with E-state index in [1.165, 1.54) is 0 Å². The lowest BCUT2D eigenvalue weighted by Crippen LogP contribution is -2.46. The van der Waals surface area contributed by atoms with E-state index < -0.39 is 37.7 Å². The van der Waals surface area contributed by atoms with Crippen LogP contribution < -0.4 is 11.1 Å². The van der Waals surface area contributed by atoms with E-state index in [0.717, 1.165) is 5.56 Å². The summed E-state index contributed by atoms with van der Waals surface area (Å²) in [4.78, 5) is 40.8. The maximum absolute atomic E-state index is 11.9. The minimum atomic E-state index is -4.66. The van der Waals surface area contributed by atoms with Crippen molar-refractivity contribution in [2.45, 2.75) is 31.1 Å². The van der Waals surface area contributed by atoms with Gasteiger partial charge >= 0.3 is 13.6 Å². The second-order valence-electron chi connectivity index (χ2n) is 4.84. The van der Waals surface area contributed by atoms with Gasteiger partial charge in [-0.25, -0.2) is 0 Å². The van der Waals surface area contributed by atoms with Gasteiger partial charge < -0.3 is 25.9 Å². The molecule has 0 aliphatic heterocycles. The summed E-state index contributed by atoms with van der Waals surface area (Å²) in [6, 6.07) is 7.94. The van der Waals surface area contributed by atoms with Gasteiger partial charge in [0.2, 0.25) is 5.91 Å². The zero-order valence-corrected chi connectivity index (χ0v) is 12.6. The van der Waals surface area contributed by atoms with Gasteiger partial charge in [-0.05, 0) is 18.4 Å². The molecule has 22 heavy (non-hydrogen) atoms. The van der Waals surface area contributed by atoms with Crippen molar-refractivity contribution >= 4 is 19.5 Å². The molecule has 0 radical (unpaired) electrons. The van der Waals surface area contributed by atoms with E-state index in [0.29, 0.717) is 0 Å². The molecule has 0 unspecified atom stereocenters. The van der Waals surface area contributed by atoms with Crippen molar-refractivity contribution in [2.24, 2.45) is 5.73 Å². The highest BCUT2D eigenvalue weighted by atomic mass is 31.2. The molecule has 0 bridgehead atoms. The van der Waals surface area contributed by atoms with Gasteiger partial charge in [-0.1, -0.05) is 30.3 Å². The van der Waals surface area contributed by atoms with Crippen molar-refractivity contribution in [1.82, 2.24) is 5.32 Å². The van der Waals surface area contributed by atoms with Crippen LogP contribution in [0.5, 0.6) is 0 Å². The van der Waals surface area contributed by atoms with E-state index in [4.69, 9.17) is 10.8 Å². The highest BCUT2D eigenvalue weighted by Gasteiger charge is 2.32. The molecule has 0 aliphatic rings. The minimum Gasteiger partial charge on any atom is -0.481 e. The number of carboxylic acids is 1. The maximum Gasteiger partial charge on any atom is 0.347 e. The Morgan fingerprint density at radius 2 is 1.82 bits per heavy atom. The lowest BCUT2D eigenvalue weighted by molar-refractivity contribution is -0.137. The van der Waals surface area contributed by atoms with Crippen molar-refractivity contribution in [2.75, 3.05) is 0 Å². The molecule has 1 amide bonds. The van der Waals surface area contributed by atoms with Gasteiger partial charge in [0.05, 0.1) is 6.04 Å². The van der Waals surface area contributed by atoms with Crippen molar-refractivity contribution in [3.05, 3.63) is 35.9 Å². The lowest BCUT2D eigenvalue weighted by atomic mass is 10.1. The van der Waals surface area contributed by atoms with Gasteiger partial charge in [0.25, 0.3) is 0 Å². The molecular weight excluding hydrogens is 311 g/mol. The van der Waals surface area contributed by atoms with Crippen LogP contribution in [0.2, 0.25) is 0 Å². The number of hydrogen-bond acceptors (Lipinski definition) is 4. The summed E-state index contributed by atoms with van der Waals surface area (Å²) < 4.78 is 11.3. The van der Waals surface area contributed by atoms with Crippen LogP contribution in [0.15, 0.2) is 30.3 Å². The normalized spacial score (nSPS) is 14.1. The number of nitrogens with two attached hydrogens (primary N) is 1. The van der Waals surface area contributed by atoms with Crippen molar-refractivity contribution in [3.63, 3.8) is 0 Å². The standard InChI is InChI=1S/C13H19N2O6P/c14-10(8-9-4-2-1-3-5-9)13(18)15-11(22(19,20)21)6-7-12(16)17/h1-5,10-11H,6-8,14H2,(H,15,18)(H,16,17)(H2,19,20,21)/t10-,11+/m0/s1. The summed E-state index contributed by atoms with van der Waals surface area (Å²) in [5, 5.41) is 10.7. The van der Waals surface area contributed by atoms with Crippen LogP contribution in [0.3, 0.4) is 0 Å². The quantitative estimate of drug-likeness (QED) is 0.422. The topological polar surface area (TPSA) is 150 Å². The van der Waals surface area contributed by atoms with Gasteiger partial charge in [0, 0.05) is 6.42 Å². The second-order valence-corrected chi connectivity index (χ2v) is 6.64. The number of hydrogen-bond donors (Lipinski definition) is 5. The Bertz CT molecular complexity index is 559. The van der Waals surface area contributed by atoms with E-state index >= 15 is 0 Å². The first kappa shape index (κ1) is 18.3. The average molecular weight is 330 g/mol. The van der Waals surface area contributed by atoms with E-state index in [1.54, 1.807) is 24.3 Å². The molecule has 0 aromatic heterocycles. The number of carbonyl (C=O) groups is 2. The lowest BCUT2D eigenvalue weighted by Gasteiger charge is -2.21. The Morgan fingerprint density at radius 1 is 1.23 bits per heavy atom. The van der Waals surface area contributed by atoms with E-state index in [9.17, 15) is 23.9 Å². The summed E-state index contributed by atoms with van der Waals surface area (Å²) in [5.41, 5.74) is 6.52. The van der Waals surface area contributed by atoms with Gasteiger partial charge in [-0.2, -0.15) is 0 Å². The van der Waals surface area contributed by atoms with Gasteiger partial charge in [-0.15, -0.1) is 0 Å². The Morgan fingerprint density at radius 3 is 2.32 bits per heavy atom. The third-order valence-electron chi connectivity index (χ3n) is 2.98.